The Morgan fingerprint density at radius 2 is 2.21 bits per heavy atom. The first kappa shape index (κ1) is 12.8. The van der Waals surface area contributed by atoms with Crippen molar-refractivity contribution >= 4 is 17.7 Å². The van der Waals surface area contributed by atoms with Crippen LogP contribution >= 0.6 is 11.8 Å². The predicted molar refractivity (Wildman–Crippen MR) is 76.2 cm³/mol. The van der Waals surface area contributed by atoms with Crippen LogP contribution in [-0.4, -0.2) is 29.4 Å². The number of fused-ring (bicyclic) bond motifs is 1. The van der Waals surface area contributed by atoms with Gasteiger partial charge in [0.15, 0.2) is 0 Å². The third-order valence-corrected chi connectivity index (χ3v) is 4.93. The third-order valence-electron chi connectivity index (χ3n) is 3.75. The van der Waals surface area contributed by atoms with Crippen molar-refractivity contribution in [3.8, 4) is 0 Å². The van der Waals surface area contributed by atoms with Crippen LogP contribution in [0.15, 0.2) is 41.3 Å². The molecule has 3 rings (SSSR count). The summed E-state index contributed by atoms with van der Waals surface area (Å²) in [6.07, 6.45) is 4.79. The zero-order valence-corrected chi connectivity index (χ0v) is 11.4. The molecule has 0 radical (unpaired) electrons. The summed E-state index contributed by atoms with van der Waals surface area (Å²) in [5, 5.41) is 12.2. The minimum Gasteiger partial charge on any atom is -0.396 e. The predicted octanol–water partition coefficient (Wildman–Crippen LogP) is 1.93. The minimum absolute atomic E-state index is 0.0391. The van der Waals surface area contributed by atoms with Crippen molar-refractivity contribution in [2.75, 3.05) is 12.4 Å². The number of amides is 1. The molecule has 0 aromatic heterocycles. The summed E-state index contributed by atoms with van der Waals surface area (Å²) in [6.45, 7) is 0.158. The van der Waals surface area contributed by atoms with Crippen LogP contribution in [0.4, 0.5) is 0 Å². The van der Waals surface area contributed by atoms with Gasteiger partial charge in [0.2, 0.25) is 5.91 Å². The molecule has 0 fully saturated rings. The van der Waals surface area contributed by atoms with E-state index in [0.717, 1.165) is 17.7 Å². The molecule has 3 nitrogen and oxygen atoms in total. The molecule has 0 saturated carbocycles. The highest BCUT2D eigenvalue weighted by Gasteiger charge is 2.30. The maximum Gasteiger partial charge on any atom is 0.228 e. The second-order valence-corrected chi connectivity index (χ2v) is 6.14. The zero-order chi connectivity index (χ0) is 13.2. The van der Waals surface area contributed by atoms with Crippen LogP contribution in [0.1, 0.15) is 17.9 Å². The van der Waals surface area contributed by atoms with E-state index in [4.69, 9.17) is 5.11 Å². The number of hydrogen-bond acceptors (Lipinski definition) is 3. The van der Waals surface area contributed by atoms with E-state index in [0.29, 0.717) is 0 Å². The van der Waals surface area contributed by atoms with Crippen molar-refractivity contribution in [3.63, 3.8) is 0 Å². The standard InChI is InChI=1S/C15H17NO2S/c17-8-10-5-6-11(7-10)16-15(18)13-9-19-14-4-2-1-3-12(13)14/h1-6,10-11,13,17H,7-9H2,(H,16,18)/t10-,11+,13?/m0/s1. The van der Waals surface area contributed by atoms with Gasteiger partial charge in [-0.2, -0.15) is 0 Å². The van der Waals surface area contributed by atoms with Crippen molar-refractivity contribution in [1.82, 2.24) is 5.32 Å². The van der Waals surface area contributed by atoms with E-state index < -0.39 is 0 Å². The van der Waals surface area contributed by atoms with E-state index in [1.807, 2.05) is 30.4 Å². The fourth-order valence-corrected chi connectivity index (χ4v) is 3.91. The lowest BCUT2D eigenvalue weighted by Gasteiger charge is -2.16. The Balaban J connectivity index is 1.65. The van der Waals surface area contributed by atoms with Crippen LogP contribution in [0.2, 0.25) is 0 Å². The van der Waals surface area contributed by atoms with Crippen molar-refractivity contribution in [3.05, 3.63) is 42.0 Å². The number of rotatable bonds is 3. The Morgan fingerprint density at radius 1 is 1.37 bits per heavy atom. The largest absolute Gasteiger partial charge is 0.396 e. The molecule has 0 spiro atoms. The average molecular weight is 275 g/mol. The lowest BCUT2D eigenvalue weighted by molar-refractivity contribution is -0.122. The van der Waals surface area contributed by atoms with E-state index in [1.165, 1.54) is 4.90 Å². The van der Waals surface area contributed by atoms with Crippen molar-refractivity contribution in [2.45, 2.75) is 23.3 Å². The smallest absolute Gasteiger partial charge is 0.228 e. The van der Waals surface area contributed by atoms with E-state index in [9.17, 15) is 4.79 Å². The van der Waals surface area contributed by atoms with Crippen molar-refractivity contribution in [1.29, 1.82) is 0 Å². The molecule has 0 bridgehead atoms. The minimum atomic E-state index is -0.0391. The van der Waals surface area contributed by atoms with E-state index in [2.05, 4.69) is 11.4 Å². The molecule has 2 aliphatic rings. The van der Waals surface area contributed by atoms with Gasteiger partial charge in [0.05, 0.1) is 5.92 Å². The van der Waals surface area contributed by atoms with E-state index in [1.54, 1.807) is 11.8 Å². The number of carbonyl (C=O) groups excluding carboxylic acids is 1. The van der Waals surface area contributed by atoms with Gasteiger partial charge in [-0.1, -0.05) is 30.4 Å². The van der Waals surface area contributed by atoms with Crippen molar-refractivity contribution in [2.24, 2.45) is 5.92 Å². The second kappa shape index (κ2) is 5.39. The molecule has 0 saturated heterocycles. The first-order valence-electron chi connectivity index (χ1n) is 6.59. The summed E-state index contributed by atoms with van der Waals surface area (Å²) < 4.78 is 0. The molecule has 19 heavy (non-hydrogen) atoms. The summed E-state index contributed by atoms with van der Waals surface area (Å²) in [6, 6.07) is 8.19. The SMILES string of the molecule is O=C(N[C@@H]1C=C[C@H](CO)C1)C1CSc2ccccc21. The zero-order valence-electron chi connectivity index (χ0n) is 10.6. The molecule has 3 atom stereocenters. The van der Waals surface area contributed by atoms with Gasteiger partial charge in [-0.05, 0) is 18.1 Å². The fraction of sp³-hybridized carbons (Fsp3) is 0.400. The summed E-state index contributed by atoms with van der Waals surface area (Å²) >= 11 is 1.75. The van der Waals surface area contributed by atoms with Gasteiger partial charge in [-0.25, -0.2) is 0 Å². The maximum atomic E-state index is 12.3. The van der Waals surface area contributed by atoms with Crippen LogP contribution in [0.3, 0.4) is 0 Å². The van der Waals surface area contributed by atoms with E-state index in [-0.39, 0.29) is 30.4 Å². The van der Waals surface area contributed by atoms with Gasteiger partial charge in [0.25, 0.3) is 0 Å². The Hall–Kier alpha value is -1.26. The lowest BCUT2D eigenvalue weighted by Crippen LogP contribution is -2.36. The molecular weight excluding hydrogens is 258 g/mol. The van der Waals surface area contributed by atoms with Crippen LogP contribution in [-0.2, 0) is 4.79 Å². The fourth-order valence-electron chi connectivity index (χ4n) is 2.68. The normalized spacial score (nSPS) is 28.4. The molecule has 1 heterocycles. The first-order valence-corrected chi connectivity index (χ1v) is 7.58. The van der Waals surface area contributed by atoms with Crippen LogP contribution in [0, 0.1) is 5.92 Å². The number of hydrogen-bond donors (Lipinski definition) is 2. The molecule has 4 heteroatoms. The number of aliphatic hydroxyl groups is 1. The molecule has 1 aliphatic carbocycles. The molecule has 1 aromatic carbocycles. The summed E-state index contributed by atoms with van der Waals surface area (Å²) in [5.74, 6) is 1.08. The molecule has 1 aromatic rings. The third kappa shape index (κ3) is 2.55. The van der Waals surface area contributed by atoms with Crippen LogP contribution in [0.5, 0.6) is 0 Å². The monoisotopic (exact) mass is 275 g/mol. The Labute approximate surface area is 117 Å². The number of carbonyl (C=O) groups is 1. The molecule has 1 aliphatic heterocycles. The molecule has 1 unspecified atom stereocenters. The number of benzene rings is 1. The highest BCUT2D eigenvalue weighted by atomic mass is 32.2. The maximum absolute atomic E-state index is 12.3. The highest BCUT2D eigenvalue weighted by Crippen LogP contribution is 2.39. The quantitative estimate of drug-likeness (QED) is 0.829. The van der Waals surface area contributed by atoms with Gasteiger partial charge in [-0.3, -0.25) is 4.79 Å². The van der Waals surface area contributed by atoms with E-state index >= 15 is 0 Å². The van der Waals surface area contributed by atoms with Crippen LogP contribution < -0.4 is 5.32 Å². The average Bonchev–Trinajstić information content (AvgIpc) is 3.04. The van der Waals surface area contributed by atoms with Gasteiger partial charge in [0, 0.05) is 29.2 Å². The van der Waals surface area contributed by atoms with Crippen molar-refractivity contribution < 1.29 is 9.90 Å². The van der Waals surface area contributed by atoms with Gasteiger partial charge < -0.3 is 10.4 Å². The molecular formula is C15H17NO2S. The topological polar surface area (TPSA) is 49.3 Å². The Morgan fingerprint density at radius 3 is 3.00 bits per heavy atom. The highest BCUT2D eigenvalue weighted by molar-refractivity contribution is 7.99. The summed E-state index contributed by atoms with van der Waals surface area (Å²) in [4.78, 5) is 13.6. The Bertz CT molecular complexity index is 515. The summed E-state index contributed by atoms with van der Waals surface area (Å²) in [7, 11) is 0. The van der Waals surface area contributed by atoms with Gasteiger partial charge in [-0.15, -0.1) is 11.8 Å². The molecule has 100 valence electrons. The number of nitrogens with one attached hydrogen (secondary N) is 1. The Kier molecular flexibility index (Phi) is 3.62. The lowest BCUT2D eigenvalue weighted by atomic mass is 10.00. The first-order chi connectivity index (χ1) is 9.28. The molecule has 2 N–H and O–H groups in total. The molecule has 1 amide bonds. The summed E-state index contributed by atoms with van der Waals surface area (Å²) in [5.41, 5.74) is 1.14. The number of thioether (sulfide) groups is 1. The van der Waals surface area contributed by atoms with Gasteiger partial charge >= 0.3 is 0 Å². The second-order valence-electron chi connectivity index (χ2n) is 5.08. The number of aliphatic hydroxyl groups excluding tert-OH is 1. The van der Waals surface area contributed by atoms with Crippen LogP contribution in [0.25, 0.3) is 0 Å². The van der Waals surface area contributed by atoms with Gasteiger partial charge in [0.1, 0.15) is 0 Å².